The molecular formula is C15H9ClFNO. The lowest BCUT2D eigenvalue weighted by Crippen LogP contribution is -1.89. The van der Waals surface area contributed by atoms with E-state index in [0.29, 0.717) is 16.7 Å². The van der Waals surface area contributed by atoms with E-state index in [-0.39, 0.29) is 5.82 Å². The van der Waals surface area contributed by atoms with Gasteiger partial charge in [0.05, 0.1) is 0 Å². The van der Waals surface area contributed by atoms with E-state index >= 15 is 0 Å². The average molecular weight is 274 g/mol. The Balaban J connectivity index is 2.03. The van der Waals surface area contributed by atoms with Crippen molar-refractivity contribution in [3.63, 3.8) is 0 Å². The summed E-state index contributed by atoms with van der Waals surface area (Å²) < 4.78 is 18.5. The SMILES string of the molecule is Fc1ccc(Oc2nccc3cc(Cl)ccc23)cc1. The van der Waals surface area contributed by atoms with Gasteiger partial charge in [-0.15, -0.1) is 0 Å². The van der Waals surface area contributed by atoms with Crippen molar-refractivity contribution >= 4 is 22.4 Å². The average Bonchev–Trinajstić information content (AvgIpc) is 2.41. The molecule has 0 radical (unpaired) electrons. The maximum Gasteiger partial charge on any atom is 0.227 e. The molecular weight excluding hydrogens is 265 g/mol. The van der Waals surface area contributed by atoms with Gasteiger partial charge in [0, 0.05) is 16.6 Å². The van der Waals surface area contributed by atoms with Crippen LogP contribution in [0, 0.1) is 5.82 Å². The van der Waals surface area contributed by atoms with Gasteiger partial charge < -0.3 is 4.74 Å². The van der Waals surface area contributed by atoms with Gasteiger partial charge in [0.2, 0.25) is 5.88 Å². The minimum atomic E-state index is -0.301. The molecule has 3 aromatic rings. The fourth-order valence-electron chi connectivity index (χ4n) is 1.82. The molecule has 0 saturated carbocycles. The Hall–Kier alpha value is -2.13. The highest BCUT2D eigenvalue weighted by atomic mass is 35.5. The highest BCUT2D eigenvalue weighted by molar-refractivity contribution is 6.31. The Kier molecular flexibility index (Phi) is 3.05. The standard InChI is InChI=1S/C15H9ClFNO/c16-11-1-6-14-10(9-11)7-8-18-15(14)19-13-4-2-12(17)3-5-13/h1-9H. The smallest absolute Gasteiger partial charge is 0.227 e. The minimum Gasteiger partial charge on any atom is -0.438 e. The van der Waals surface area contributed by atoms with E-state index in [1.165, 1.54) is 12.1 Å². The Bertz CT molecular complexity index is 728. The Morgan fingerprint density at radius 1 is 1.00 bits per heavy atom. The molecule has 3 rings (SSSR count). The van der Waals surface area contributed by atoms with Crippen LogP contribution in [0.3, 0.4) is 0 Å². The zero-order valence-electron chi connectivity index (χ0n) is 9.81. The van der Waals surface area contributed by atoms with Crippen LogP contribution in [0.5, 0.6) is 11.6 Å². The highest BCUT2D eigenvalue weighted by Gasteiger charge is 2.05. The summed E-state index contributed by atoms with van der Waals surface area (Å²) in [6.07, 6.45) is 1.65. The molecule has 2 aromatic carbocycles. The van der Waals surface area contributed by atoms with Gasteiger partial charge >= 0.3 is 0 Å². The van der Waals surface area contributed by atoms with Crippen LogP contribution in [0.4, 0.5) is 4.39 Å². The fraction of sp³-hybridized carbons (Fsp3) is 0. The lowest BCUT2D eigenvalue weighted by molar-refractivity contribution is 0.467. The van der Waals surface area contributed by atoms with E-state index in [2.05, 4.69) is 4.98 Å². The third-order valence-electron chi connectivity index (χ3n) is 2.72. The van der Waals surface area contributed by atoms with Crippen molar-refractivity contribution in [1.29, 1.82) is 0 Å². The van der Waals surface area contributed by atoms with Crippen LogP contribution in [0.2, 0.25) is 5.02 Å². The zero-order valence-corrected chi connectivity index (χ0v) is 10.6. The molecule has 0 unspecified atom stereocenters. The van der Waals surface area contributed by atoms with Crippen molar-refractivity contribution in [2.75, 3.05) is 0 Å². The lowest BCUT2D eigenvalue weighted by atomic mass is 10.2. The number of benzene rings is 2. The van der Waals surface area contributed by atoms with Gasteiger partial charge in [-0.3, -0.25) is 0 Å². The van der Waals surface area contributed by atoms with E-state index in [1.807, 2.05) is 18.2 Å². The molecule has 0 fully saturated rings. The molecule has 0 N–H and O–H groups in total. The van der Waals surface area contributed by atoms with Gasteiger partial charge in [0.25, 0.3) is 0 Å². The van der Waals surface area contributed by atoms with E-state index < -0.39 is 0 Å². The van der Waals surface area contributed by atoms with Crippen LogP contribution in [0.1, 0.15) is 0 Å². The number of hydrogen-bond donors (Lipinski definition) is 0. The van der Waals surface area contributed by atoms with Crippen LogP contribution in [-0.2, 0) is 0 Å². The summed E-state index contributed by atoms with van der Waals surface area (Å²) >= 11 is 5.95. The third-order valence-corrected chi connectivity index (χ3v) is 2.95. The molecule has 0 spiro atoms. The molecule has 0 aliphatic heterocycles. The number of pyridine rings is 1. The van der Waals surface area contributed by atoms with Crippen LogP contribution in [0.15, 0.2) is 54.7 Å². The van der Waals surface area contributed by atoms with Gasteiger partial charge in [-0.25, -0.2) is 9.37 Å². The fourth-order valence-corrected chi connectivity index (χ4v) is 2.00. The molecule has 0 atom stereocenters. The van der Waals surface area contributed by atoms with Crippen LogP contribution in [-0.4, -0.2) is 4.98 Å². The number of hydrogen-bond acceptors (Lipinski definition) is 2. The quantitative estimate of drug-likeness (QED) is 0.668. The molecule has 2 nitrogen and oxygen atoms in total. The summed E-state index contributed by atoms with van der Waals surface area (Å²) in [5.74, 6) is 0.710. The number of nitrogens with zero attached hydrogens (tertiary/aromatic N) is 1. The van der Waals surface area contributed by atoms with Crippen molar-refractivity contribution in [3.8, 4) is 11.6 Å². The van der Waals surface area contributed by atoms with Crippen molar-refractivity contribution in [2.45, 2.75) is 0 Å². The van der Waals surface area contributed by atoms with Gasteiger partial charge in [0.1, 0.15) is 11.6 Å². The maximum atomic E-state index is 12.8. The lowest BCUT2D eigenvalue weighted by Gasteiger charge is -2.07. The summed E-state index contributed by atoms with van der Waals surface area (Å²) in [6, 6.07) is 13.1. The van der Waals surface area contributed by atoms with Crippen molar-refractivity contribution in [3.05, 3.63) is 65.6 Å². The number of aromatic nitrogens is 1. The van der Waals surface area contributed by atoms with Crippen LogP contribution < -0.4 is 4.74 Å². The van der Waals surface area contributed by atoms with Crippen molar-refractivity contribution < 1.29 is 9.13 Å². The van der Waals surface area contributed by atoms with Crippen LogP contribution in [0.25, 0.3) is 10.8 Å². The first kappa shape index (κ1) is 11.9. The molecule has 0 bridgehead atoms. The molecule has 0 saturated heterocycles. The first-order chi connectivity index (χ1) is 9.22. The number of halogens is 2. The number of rotatable bonds is 2. The van der Waals surface area contributed by atoms with Gasteiger partial charge in [-0.2, -0.15) is 0 Å². The maximum absolute atomic E-state index is 12.8. The Morgan fingerprint density at radius 3 is 2.58 bits per heavy atom. The largest absolute Gasteiger partial charge is 0.438 e. The highest BCUT2D eigenvalue weighted by Crippen LogP contribution is 2.29. The van der Waals surface area contributed by atoms with Gasteiger partial charge in [0.15, 0.2) is 0 Å². The van der Waals surface area contributed by atoms with Crippen molar-refractivity contribution in [1.82, 2.24) is 4.98 Å². The summed E-state index contributed by atoms with van der Waals surface area (Å²) in [4.78, 5) is 4.20. The normalized spacial score (nSPS) is 10.6. The molecule has 0 amide bonds. The third kappa shape index (κ3) is 2.51. The molecule has 19 heavy (non-hydrogen) atoms. The van der Waals surface area contributed by atoms with E-state index in [4.69, 9.17) is 16.3 Å². The second-order valence-corrected chi connectivity index (χ2v) is 4.47. The van der Waals surface area contributed by atoms with Gasteiger partial charge in [-0.1, -0.05) is 11.6 Å². The monoisotopic (exact) mass is 273 g/mol. The van der Waals surface area contributed by atoms with E-state index in [1.54, 1.807) is 24.4 Å². The first-order valence-electron chi connectivity index (χ1n) is 5.70. The Morgan fingerprint density at radius 2 is 1.79 bits per heavy atom. The summed E-state index contributed by atoms with van der Waals surface area (Å²) in [7, 11) is 0. The second kappa shape index (κ2) is 4.86. The van der Waals surface area contributed by atoms with Crippen LogP contribution >= 0.6 is 11.6 Å². The molecule has 0 aliphatic carbocycles. The Labute approximate surface area is 114 Å². The molecule has 94 valence electrons. The zero-order chi connectivity index (χ0) is 13.2. The number of ether oxygens (including phenoxy) is 1. The molecule has 0 aliphatic rings. The van der Waals surface area contributed by atoms with E-state index in [0.717, 1.165) is 10.8 Å². The molecule has 1 aromatic heterocycles. The summed E-state index contributed by atoms with van der Waals surface area (Å²) in [5, 5.41) is 2.46. The first-order valence-corrected chi connectivity index (χ1v) is 6.08. The van der Waals surface area contributed by atoms with Gasteiger partial charge in [-0.05, 0) is 53.9 Å². The minimum absolute atomic E-state index is 0.301. The topological polar surface area (TPSA) is 22.1 Å². The molecule has 1 heterocycles. The van der Waals surface area contributed by atoms with Crippen molar-refractivity contribution in [2.24, 2.45) is 0 Å². The number of fused-ring (bicyclic) bond motifs is 1. The van der Waals surface area contributed by atoms with E-state index in [9.17, 15) is 4.39 Å². The molecule has 4 heteroatoms. The predicted molar refractivity (Wildman–Crippen MR) is 73.2 cm³/mol. The predicted octanol–water partition coefficient (Wildman–Crippen LogP) is 4.82. The summed E-state index contributed by atoms with van der Waals surface area (Å²) in [6.45, 7) is 0. The second-order valence-electron chi connectivity index (χ2n) is 4.04. The summed E-state index contributed by atoms with van der Waals surface area (Å²) in [5.41, 5.74) is 0.